The average Bonchev–Trinajstić information content (AvgIpc) is 2.66. The summed E-state index contributed by atoms with van der Waals surface area (Å²) in [6.45, 7) is -0.476. The molecular weight excluding hydrogens is 336 g/mol. The number of Topliss-reactive ketones (excluding diaryl/α,β-unsaturated/α-hetero) is 1. The maximum Gasteiger partial charge on any atom is 0.413 e. The lowest BCUT2D eigenvalue weighted by Gasteiger charge is -2.29. The third kappa shape index (κ3) is 5.56. The fraction of sp³-hybridized carbons (Fsp3) is 0.526. The largest absolute Gasteiger partial charge is 0.427 e. The molecule has 2 rings (SSSR count). The first-order chi connectivity index (χ1) is 12.5. The lowest BCUT2D eigenvalue weighted by molar-refractivity contribution is -0.155. The number of likely N-dealkylation sites (N-methyl/N-ethyl adjacent to an activating group) is 2. The van der Waals surface area contributed by atoms with Crippen LogP contribution in [0.1, 0.15) is 31.2 Å². The van der Waals surface area contributed by atoms with E-state index in [-0.39, 0.29) is 5.78 Å². The summed E-state index contributed by atoms with van der Waals surface area (Å²) in [6.07, 6.45) is 2.71. The first kappa shape index (κ1) is 19.9. The van der Waals surface area contributed by atoms with Crippen LogP contribution in [0.15, 0.2) is 30.3 Å². The Bertz CT molecular complexity index is 620. The van der Waals surface area contributed by atoms with Crippen LogP contribution in [0.5, 0.6) is 0 Å². The molecule has 26 heavy (non-hydrogen) atoms. The summed E-state index contributed by atoms with van der Waals surface area (Å²) in [5.41, 5.74) is 0.997. The van der Waals surface area contributed by atoms with Crippen molar-refractivity contribution in [3.05, 3.63) is 35.9 Å². The summed E-state index contributed by atoms with van der Waals surface area (Å²) in [7, 11) is 3.20. The standard InChI is InChI=1S/C19H26N2O5/c1-20-15(12-14-8-4-3-5-9-14)18(23)25-13-26-19(24)21(2)16-10-6-7-11-17(16)22/h3-5,8-9,15-16,20H,6-7,10-13H2,1-2H3. The monoisotopic (exact) mass is 362 g/mol. The number of carbonyl (C=O) groups excluding carboxylic acids is 3. The number of nitrogens with one attached hydrogen (secondary N) is 1. The highest BCUT2D eigenvalue weighted by Crippen LogP contribution is 2.19. The molecule has 7 heteroatoms. The zero-order valence-corrected chi connectivity index (χ0v) is 15.3. The van der Waals surface area contributed by atoms with E-state index < -0.39 is 30.9 Å². The molecule has 1 amide bonds. The predicted octanol–water partition coefficient (Wildman–Crippen LogP) is 1.90. The second-order valence-electron chi connectivity index (χ2n) is 6.36. The van der Waals surface area contributed by atoms with Gasteiger partial charge in [-0.2, -0.15) is 0 Å². The molecule has 0 aliphatic heterocycles. The molecule has 1 aromatic rings. The molecule has 0 spiro atoms. The Kier molecular flexibility index (Phi) is 7.59. The van der Waals surface area contributed by atoms with E-state index in [9.17, 15) is 14.4 Å². The Morgan fingerprint density at radius 3 is 2.62 bits per heavy atom. The Hall–Kier alpha value is -2.41. The van der Waals surface area contributed by atoms with Crippen molar-refractivity contribution in [1.82, 2.24) is 10.2 Å². The van der Waals surface area contributed by atoms with Gasteiger partial charge in [-0.1, -0.05) is 36.8 Å². The van der Waals surface area contributed by atoms with Crippen LogP contribution in [0.2, 0.25) is 0 Å². The average molecular weight is 362 g/mol. The predicted molar refractivity (Wildman–Crippen MR) is 95.5 cm³/mol. The number of rotatable bonds is 7. The number of ketones is 1. The molecule has 0 saturated heterocycles. The van der Waals surface area contributed by atoms with E-state index in [0.29, 0.717) is 19.3 Å². The molecule has 1 fully saturated rings. The lowest BCUT2D eigenvalue weighted by Crippen LogP contribution is -2.44. The van der Waals surface area contributed by atoms with Gasteiger partial charge in [0.2, 0.25) is 6.79 Å². The maximum absolute atomic E-state index is 12.1. The van der Waals surface area contributed by atoms with E-state index in [1.807, 2.05) is 30.3 Å². The summed E-state index contributed by atoms with van der Waals surface area (Å²) in [4.78, 5) is 37.4. The van der Waals surface area contributed by atoms with Gasteiger partial charge in [0, 0.05) is 13.5 Å². The number of carbonyl (C=O) groups is 3. The van der Waals surface area contributed by atoms with Crippen molar-refractivity contribution >= 4 is 17.8 Å². The van der Waals surface area contributed by atoms with Crippen molar-refractivity contribution in [1.29, 1.82) is 0 Å². The number of nitrogens with zero attached hydrogens (tertiary/aromatic N) is 1. The normalized spacial score (nSPS) is 18.1. The van der Waals surface area contributed by atoms with E-state index in [2.05, 4.69) is 5.32 Å². The molecule has 0 heterocycles. The third-order valence-electron chi connectivity index (χ3n) is 4.58. The molecule has 1 saturated carbocycles. The highest BCUT2D eigenvalue weighted by molar-refractivity contribution is 5.87. The fourth-order valence-electron chi connectivity index (χ4n) is 2.99. The SMILES string of the molecule is CNC(Cc1ccccc1)C(=O)OCOC(=O)N(C)C1CCCCC1=O. The van der Waals surface area contributed by atoms with Gasteiger partial charge in [-0.15, -0.1) is 0 Å². The smallest absolute Gasteiger partial charge is 0.413 e. The number of amides is 1. The van der Waals surface area contributed by atoms with Gasteiger partial charge in [-0.25, -0.2) is 4.79 Å². The zero-order valence-electron chi connectivity index (χ0n) is 15.3. The van der Waals surface area contributed by atoms with Gasteiger partial charge in [0.15, 0.2) is 5.78 Å². The van der Waals surface area contributed by atoms with Crippen LogP contribution >= 0.6 is 0 Å². The number of hydrogen-bond acceptors (Lipinski definition) is 6. The molecule has 1 aliphatic rings. The molecule has 0 radical (unpaired) electrons. The van der Waals surface area contributed by atoms with Crippen LogP contribution in [-0.4, -0.2) is 55.7 Å². The molecule has 2 atom stereocenters. The summed E-state index contributed by atoms with van der Waals surface area (Å²) in [5.74, 6) is -0.452. The van der Waals surface area contributed by atoms with Crippen LogP contribution in [0.4, 0.5) is 4.79 Å². The topological polar surface area (TPSA) is 84.9 Å². The van der Waals surface area contributed by atoms with Crippen molar-refractivity contribution in [3.63, 3.8) is 0 Å². The van der Waals surface area contributed by atoms with Crippen molar-refractivity contribution in [2.75, 3.05) is 20.9 Å². The number of esters is 1. The minimum atomic E-state index is -0.665. The summed E-state index contributed by atoms with van der Waals surface area (Å²) < 4.78 is 10.0. The molecule has 1 aliphatic carbocycles. The van der Waals surface area contributed by atoms with E-state index >= 15 is 0 Å². The minimum Gasteiger partial charge on any atom is -0.427 e. The van der Waals surface area contributed by atoms with Crippen LogP contribution in [0.25, 0.3) is 0 Å². The fourth-order valence-corrected chi connectivity index (χ4v) is 2.99. The van der Waals surface area contributed by atoms with E-state index in [1.165, 1.54) is 11.9 Å². The van der Waals surface area contributed by atoms with Crippen molar-refractivity contribution in [2.24, 2.45) is 0 Å². The first-order valence-corrected chi connectivity index (χ1v) is 8.83. The highest BCUT2D eigenvalue weighted by Gasteiger charge is 2.30. The second-order valence-corrected chi connectivity index (χ2v) is 6.36. The summed E-state index contributed by atoms with van der Waals surface area (Å²) >= 11 is 0. The van der Waals surface area contributed by atoms with Crippen LogP contribution < -0.4 is 5.32 Å². The molecule has 1 aromatic carbocycles. The van der Waals surface area contributed by atoms with Crippen LogP contribution in [0.3, 0.4) is 0 Å². The van der Waals surface area contributed by atoms with Gasteiger partial charge < -0.3 is 19.7 Å². The van der Waals surface area contributed by atoms with Gasteiger partial charge in [-0.3, -0.25) is 9.59 Å². The Balaban J connectivity index is 1.77. The van der Waals surface area contributed by atoms with Gasteiger partial charge in [0.1, 0.15) is 6.04 Å². The minimum absolute atomic E-state index is 0.0470. The maximum atomic E-state index is 12.1. The molecule has 1 N–H and O–H groups in total. The number of ether oxygens (including phenoxy) is 2. The van der Waals surface area contributed by atoms with E-state index in [0.717, 1.165) is 18.4 Å². The molecule has 2 unspecified atom stereocenters. The Labute approximate surface area is 153 Å². The van der Waals surface area contributed by atoms with Crippen molar-refractivity contribution in [2.45, 2.75) is 44.2 Å². The van der Waals surface area contributed by atoms with Crippen LogP contribution in [-0.2, 0) is 25.5 Å². The molecule has 142 valence electrons. The quantitative estimate of drug-likeness (QED) is 0.589. The molecule has 7 nitrogen and oxygen atoms in total. The van der Waals surface area contributed by atoms with Crippen molar-refractivity contribution < 1.29 is 23.9 Å². The van der Waals surface area contributed by atoms with Crippen LogP contribution in [0, 0.1) is 0 Å². The van der Waals surface area contributed by atoms with Crippen molar-refractivity contribution in [3.8, 4) is 0 Å². The molecule has 0 aromatic heterocycles. The first-order valence-electron chi connectivity index (χ1n) is 8.83. The highest BCUT2D eigenvalue weighted by atomic mass is 16.7. The van der Waals surface area contributed by atoms with E-state index in [1.54, 1.807) is 7.05 Å². The second kappa shape index (κ2) is 9.91. The number of benzene rings is 1. The van der Waals surface area contributed by atoms with Gasteiger partial charge >= 0.3 is 12.1 Å². The van der Waals surface area contributed by atoms with E-state index in [4.69, 9.17) is 9.47 Å². The Morgan fingerprint density at radius 1 is 1.23 bits per heavy atom. The van der Waals surface area contributed by atoms with Gasteiger partial charge in [0.25, 0.3) is 0 Å². The van der Waals surface area contributed by atoms with Gasteiger partial charge in [0.05, 0.1) is 6.04 Å². The molecule has 0 bridgehead atoms. The summed E-state index contributed by atoms with van der Waals surface area (Å²) in [5, 5.41) is 2.90. The molecular formula is C19H26N2O5. The Morgan fingerprint density at radius 2 is 1.96 bits per heavy atom. The summed E-state index contributed by atoms with van der Waals surface area (Å²) in [6, 6.07) is 8.57. The zero-order chi connectivity index (χ0) is 18.9. The lowest BCUT2D eigenvalue weighted by atomic mass is 9.93. The van der Waals surface area contributed by atoms with Gasteiger partial charge in [-0.05, 0) is 31.9 Å². The third-order valence-corrected chi connectivity index (χ3v) is 4.58. The number of hydrogen-bond donors (Lipinski definition) is 1.